The Morgan fingerprint density at radius 2 is 1.80 bits per heavy atom. The summed E-state index contributed by atoms with van der Waals surface area (Å²) in [7, 11) is -3.41. The van der Waals surface area contributed by atoms with E-state index in [1.54, 1.807) is 24.3 Å². The zero-order valence-electron chi connectivity index (χ0n) is 10.2. The number of fused-ring (bicyclic) bond motifs is 1. The smallest absolute Gasteiger partial charge is 0.317 e. The normalized spacial score (nSPS) is 21.8. The highest BCUT2D eigenvalue weighted by Crippen LogP contribution is 2.51. The third-order valence-electron chi connectivity index (χ3n) is 3.22. The highest BCUT2D eigenvalue weighted by atomic mass is 31.2. The summed E-state index contributed by atoms with van der Waals surface area (Å²) >= 11 is 0. The molecule has 20 heavy (non-hydrogen) atoms. The topological polar surface area (TPSA) is 26.3 Å². The van der Waals surface area contributed by atoms with Crippen LogP contribution in [0.15, 0.2) is 48.5 Å². The molecule has 104 valence electrons. The Kier molecular flexibility index (Phi) is 3.00. The Bertz CT molecular complexity index is 710. The summed E-state index contributed by atoms with van der Waals surface area (Å²) in [5.41, 5.74) is -0.0635. The molecule has 0 saturated carbocycles. The molecule has 0 amide bonds. The second-order valence-corrected chi connectivity index (χ2v) is 6.86. The van der Waals surface area contributed by atoms with Crippen LogP contribution >= 0.6 is 7.37 Å². The van der Waals surface area contributed by atoms with Crippen LogP contribution in [0.25, 0.3) is 0 Å². The van der Waals surface area contributed by atoms with Gasteiger partial charge in [-0.05, 0) is 29.8 Å². The van der Waals surface area contributed by atoms with E-state index in [9.17, 15) is 17.7 Å². The van der Waals surface area contributed by atoms with Gasteiger partial charge in [-0.15, -0.1) is 0 Å². The van der Waals surface area contributed by atoms with Crippen molar-refractivity contribution < 1.29 is 22.3 Å². The fraction of sp³-hybridized carbons (Fsp3) is 0.143. The van der Waals surface area contributed by atoms with E-state index in [-0.39, 0.29) is 11.9 Å². The molecule has 1 unspecified atom stereocenters. The van der Waals surface area contributed by atoms with Gasteiger partial charge in [0.15, 0.2) is 0 Å². The number of benzene rings is 2. The molecule has 2 aromatic rings. The Morgan fingerprint density at radius 3 is 2.55 bits per heavy atom. The van der Waals surface area contributed by atoms with Crippen LogP contribution in [-0.2, 0) is 21.9 Å². The molecule has 1 aliphatic heterocycles. The van der Waals surface area contributed by atoms with Gasteiger partial charge in [0, 0.05) is 10.6 Å². The first-order valence-corrected chi connectivity index (χ1v) is 7.54. The summed E-state index contributed by atoms with van der Waals surface area (Å²) in [6.45, 7) is 0.156. The van der Waals surface area contributed by atoms with E-state index in [1.165, 1.54) is 12.1 Å². The Hall–Kier alpha value is -1.58. The first-order chi connectivity index (χ1) is 9.41. The number of hydrogen-bond donors (Lipinski definition) is 0. The van der Waals surface area contributed by atoms with Gasteiger partial charge < -0.3 is 4.52 Å². The van der Waals surface area contributed by atoms with Crippen molar-refractivity contribution in [1.29, 1.82) is 0 Å². The van der Waals surface area contributed by atoms with Crippen molar-refractivity contribution in [3.8, 4) is 0 Å². The van der Waals surface area contributed by atoms with Gasteiger partial charge in [0.1, 0.15) is 0 Å². The summed E-state index contributed by atoms with van der Waals surface area (Å²) in [5, 5.41) is 0.566. The zero-order valence-corrected chi connectivity index (χ0v) is 11.1. The highest BCUT2D eigenvalue weighted by molar-refractivity contribution is 7.74. The highest BCUT2D eigenvalue weighted by Gasteiger charge is 2.38. The van der Waals surface area contributed by atoms with Crippen molar-refractivity contribution in [2.45, 2.75) is 12.8 Å². The summed E-state index contributed by atoms with van der Waals surface area (Å²) in [6, 6.07) is 11.4. The lowest BCUT2D eigenvalue weighted by Crippen LogP contribution is -2.16. The third-order valence-corrected chi connectivity index (χ3v) is 5.75. The summed E-state index contributed by atoms with van der Waals surface area (Å²) in [4.78, 5) is 0. The molecule has 2 nitrogen and oxygen atoms in total. The molecule has 6 heteroatoms. The molecule has 0 radical (unpaired) electrons. The predicted molar refractivity (Wildman–Crippen MR) is 69.5 cm³/mol. The van der Waals surface area contributed by atoms with Gasteiger partial charge in [-0.25, -0.2) is 0 Å². The fourth-order valence-corrected chi connectivity index (χ4v) is 4.51. The maximum Gasteiger partial charge on any atom is 0.416 e. The molecular formula is C14H10F3O2P. The second-order valence-electron chi connectivity index (χ2n) is 4.50. The molecule has 3 rings (SSSR count). The monoisotopic (exact) mass is 298 g/mol. The Labute approximate surface area is 113 Å². The van der Waals surface area contributed by atoms with E-state index in [0.29, 0.717) is 5.30 Å². The SMILES string of the molecule is O=P1(c2cccc(C(F)(F)F)c2)OCc2ccccc21. The molecule has 0 fully saturated rings. The van der Waals surface area contributed by atoms with Crippen LogP contribution in [0, 0.1) is 0 Å². The molecule has 0 saturated heterocycles. The lowest BCUT2D eigenvalue weighted by atomic mass is 10.2. The Balaban J connectivity index is 2.13. The van der Waals surface area contributed by atoms with Crippen LogP contribution in [0.4, 0.5) is 13.2 Å². The minimum atomic E-state index is -4.46. The van der Waals surface area contributed by atoms with E-state index in [0.717, 1.165) is 17.7 Å². The summed E-state index contributed by atoms with van der Waals surface area (Å²) in [6.07, 6.45) is -4.46. The molecule has 0 N–H and O–H groups in total. The van der Waals surface area contributed by atoms with E-state index >= 15 is 0 Å². The number of hydrogen-bond acceptors (Lipinski definition) is 2. The standard InChI is InChI=1S/C14H10F3O2P/c15-14(16,17)11-5-3-6-12(8-11)20(18)13-7-2-1-4-10(13)9-19-20/h1-8H,9H2. The first kappa shape index (κ1) is 13.4. The maximum atomic E-state index is 12.9. The minimum Gasteiger partial charge on any atom is -0.317 e. The predicted octanol–water partition coefficient (Wildman–Crippen LogP) is 3.46. The fourth-order valence-electron chi connectivity index (χ4n) is 2.23. The number of halogens is 3. The lowest BCUT2D eigenvalue weighted by Gasteiger charge is -2.14. The van der Waals surface area contributed by atoms with Crippen molar-refractivity contribution >= 4 is 18.0 Å². The van der Waals surface area contributed by atoms with Gasteiger partial charge in [0.25, 0.3) is 7.37 Å². The quantitative estimate of drug-likeness (QED) is 0.754. The molecule has 0 spiro atoms. The van der Waals surface area contributed by atoms with E-state index in [2.05, 4.69) is 0 Å². The van der Waals surface area contributed by atoms with Crippen LogP contribution < -0.4 is 10.6 Å². The van der Waals surface area contributed by atoms with Crippen molar-refractivity contribution in [1.82, 2.24) is 0 Å². The van der Waals surface area contributed by atoms with Crippen LogP contribution in [-0.4, -0.2) is 0 Å². The second kappa shape index (κ2) is 4.47. The molecule has 2 aromatic carbocycles. The van der Waals surface area contributed by atoms with Crippen molar-refractivity contribution in [2.24, 2.45) is 0 Å². The zero-order chi connectivity index (χ0) is 14.4. The first-order valence-electron chi connectivity index (χ1n) is 5.92. The van der Waals surface area contributed by atoms with Gasteiger partial charge >= 0.3 is 6.18 Å². The van der Waals surface area contributed by atoms with Gasteiger partial charge in [-0.3, -0.25) is 4.57 Å². The van der Waals surface area contributed by atoms with Crippen LogP contribution in [0.5, 0.6) is 0 Å². The van der Waals surface area contributed by atoms with Crippen LogP contribution in [0.3, 0.4) is 0 Å². The molecule has 1 heterocycles. The van der Waals surface area contributed by atoms with Gasteiger partial charge in [0.05, 0.1) is 12.2 Å². The molecule has 1 aliphatic rings. The molecule has 0 aliphatic carbocycles. The van der Waals surface area contributed by atoms with E-state index in [4.69, 9.17) is 4.52 Å². The van der Waals surface area contributed by atoms with Gasteiger partial charge in [-0.2, -0.15) is 13.2 Å². The van der Waals surface area contributed by atoms with Crippen molar-refractivity contribution in [3.05, 3.63) is 59.7 Å². The minimum absolute atomic E-state index is 0.0808. The van der Waals surface area contributed by atoms with E-state index in [1.807, 2.05) is 0 Å². The van der Waals surface area contributed by atoms with Crippen LogP contribution in [0.1, 0.15) is 11.1 Å². The summed E-state index contributed by atoms with van der Waals surface area (Å²) in [5.74, 6) is 0. The van der Waals surface area contributed by atoms with Crippen LogP contribution in [0.2, 0.25) is 0 Å². The van der Waals surface area contributed by atoms with Gasteiger partial charge in [0.2, 0.25) is 0 Å². The lowest BCUT2D eigenvalue weighted by molar-refractivity contribution is -0.137. The molecule has 0 aromatic heterocycles. The number of rotatable bonds is 1. The maximum absolute atomic E-state index is 12.9. The third kappa shape index (κ3) is 2.07. The molecular weight excluding hydrogens is 288 g/mol. The average Bonchev–Trinajstić information content (AvgIpc) is 2.78. The molecule has 0 bridgehead atoms. The summed E-state index contributed by atoms with van der Waals surface area (Å²) < 4.78 is 56.5. The number of alkyl halides is 3. The molecule has 1 atom stereocenters. The Morgan fingerprint density at radius 1 is 1.05 bits per heavy atom. The van der Waals surface area contributed by atoms with Gasteiger partial charge in [-0.1, -0.05) is 24.3 Å². The average molecular weight is 298 g/mol. The van der Waals surface area contributed by atoms with E-state index < -0.39 is 19.1 Å². The largest absolute Gasteiger partial charge is 0.416 e. The van der Waals surface area contributed by atoms with Crippen molar-refractivity contribution in [3.63, 3.8) is 0 Å². The van der Waals surface area contributed by atoms with Crippen molar-refractivity contribution in [2.75, 3.05) is 0 Å².